The highest BCUT2D eigenvalue weighted by Crippen LogP contribution is 2.25. The van der Waals surface area contributed by atoms with Crippen molar-refractivity contribution in [3.05, 3.63) is 45.2 Å². The smallest absolute Gasteiger partial charge is 0.250 e. The Morgan fingerprint density at radius 3 is 2.68 bits per heavy atom. The van der Waals surface area contributed by atoms with Gasteiger partial charge in [0.2, 0.25) is 0 Å². The van der Waals surface area contributed by atoms with Gasteiger partial charge in [0.15, 0.2) is 0 Å². The third-order valence-electron chi connectivity index (χ3n) is 2.43. The summed E-state index contributed by atoms with van der Waals surface area (Å²) in [5.41, 5.74) is 0. The minimum absolute atomic E-state index is 0.0176. The maximum atomic E-state index is 11.9. The Hall–Kier alpha value is -1.04. The van der Waals surface area contributed by atoms with Gasteiger partial charge in [-0.15, -0.1) is 11.3 Å². The normalized spacial score (nSPS) is 10.8. The summed E-state index contributed by atoms with van der Waals surface area (Å²) >= 11 is 10.3. The van der Waals surface area contributed by atoms with Crippen LogP contribution in [0.15, 0.2) is 44.4 Å². The first kappa shape index (κ1) is 17.3. The summed E-state index contributed by atoms with van der Waals surface area (Å²) in [7, 11) is -3.51. The first-order chi connectivity index (χ1) is 10.5. The zero-order valence-electron chi connectivity index (χ0n) is 11.2. The molecule has 2 aromatic rings. The van der Waals surface area contributed by atoms with Gasteiger partial charge in [0.05, 0.1) is 15.4 Å². The first-order valence-electron chi connectivity index (χ1n) is 6.07. The summed E-state index contributed by atoms with van der Waals surface area (Å²) in [5, 5.41) is 0.508. The fraction of sp³-hybridized carbons (Fsp3) is 0.143. The van der Waals surface area contributed by atoms with E-state index in [1.54, 1.807) is 24.3 Å². The van der Waals surface area contributed by atoms with Crippen molar-refractivity contribution in [2.75, 3.05) is 13.2 Å². The molecule has 0 aliphatic rings. The first-order valence-corrected chi connectivity index (χ1v) is 9.54. The fourth-order valence-corrected chi connectivity index (χ4v) is 4.60. The number of hydrogen-bond donors (Lipinski definition) is 1. The molecule has 4 nitrogen and oxygen atoms in total. The van der Waals surface area contributed by atoms with Crippen LogP contribution in [-0.4, -0.2) is 21.6 Å². The van der Waals surface area contributed by atoms with Crippen molar-refractivity contribution in [3.63, 3.8) is 0 Å². The SMILES string of the molecule is O=S(=O)(NCC#CCOc1ccccc1Cl)c1ccc(Br)s1. The largest absolute Gasteiger partial charge is 0.479 e. The zero-order chi connectivity index (χ0) is 16.0. The Labute approximate surface area is 146 Å². The number of ether oxygens (including phenoxy) is 1. The van der Waals surface area contributed by atoms with E-state index in [0.29, 0.717) is 10.8 Å². The molecule has 0 fully saturated rings. The van der Waals surface area contributed by atoms with Gasteiger partial charge in [0.25, 0.3) is 10.0 Å². The van der Waals surface area contributed by atoms with E-state index in [9.17, 15) is 8.42 Å². The van der Waals surface area contributed by atoms with Gasteiger partial charge in [0, 0.05) is 0 Å². The van der Waals surface area contributed by atoms with Gasteiger partial charge in [-0.2, -0.15) is 4.72 Å². The molecule has 0 aliphatic carbocycles. The molecule has 0 radical (unpaired) electrons. The molecule has 8 heteroatoms. The molecular weight excluding hydrogens is 410 g/mol. The van der Waals surface area contributed by atoms with Gasteiger partial charge >= 0.3 is 0 Å². The minimum Gasteiger partial charge on any atom is -0.479 e. The zero-order valence-corrected chi connectivity index (χ0v) is 15.2. The number of sulfonamides is 1. The standard InChI is InChI=1S/C14H11BrClNO3S2/c15-13-7-8-14(21-13)22(18,19)17-9-3-4-10-20-12-6-2-1-5-11(12)16/h1-2,5-8,17H,9-10H2. The molecule has 0 saturated carbocycles. The predicted octanol–water partition coefficient (Wildman–Crippen LogP) is 3.52. The van der Waals surface area contributed by atoms with Crippen LogP contribution in [0.3, 0.4) is 0 Å². The van der Waals surface area contributed by atoms with Crippen LogP contribution in [0.5, 0.6) is 5.75 Å². The Morgan fingerprint density at radius 2 is 2.00 bits per heavy atom. The van der Waals surface area contributed by atoms with E-state index in [1.807, 2.05) is 6.07 Å². The lowest BCUT2D eigenvalue weighted by atomic mass is 10.3. The summed E-state index contributed by atoms with van der Waals surface area (Å²) in [6, 6.07) is 10.3. The highest BCUT2D eigenvalue weighted by atomic mass is 79.9. The maximum Gasteiger partial charge on any atom is 0.250 e. The Balaban J connectivity index is 1.81. The van der Waals surface area contributed by atoms with E-state index in [0.717, 1.165) is 15.1 Å². The topological polar surface area (TPSA) is 55.4 Å². The average Bonchev–Trinajstić information content (AvgIpc) is 2.92. The Kier molecular flexibility index (Phi) is 6.29. The molecule has 0 atom stereocenters. The van der Waals surface area contributed by atoms with Crippen LogP contribution in [0.1, 0.15) is 0 Å². The highest BCUT2D eigenvalue weighted by Gasteiger charge is 2.14. The van der Waals surface area contributed by atoms with E-state index in [4.69, 9.17) is 16.3 Å². The van der Waals surface area contributed by atoms with Crippen molar-refractivity contribution in [2.24, 2.45) is 0 Å². The van der Waals surface area contributed by atoms with Crippen molar-refractivity contribution >= 4 is 48.9 Å². The second-order valence-electron chi connectivity index (χ2n) is 3.96. The number of rotatable bonds is 5. The third-order valence-corrected chi connectivity index (χ3v) is 6.25. The van der Waals surface area contributed by atoms with Crippen molar-refractivity contribution in [1.29, 1.82) is 0 Å². The van der Waals surface area contributed by atoms with Crippen molar-refractivity contribution in [1.82, 2.24) is 4.72 Å². The maximum absolute atomic E-state index is 11.9. The summed E-state index contributed by atoms with van der Waals surface area (Å²) in [6.45, 7) is 0.153. The fourth-order valence-electron chi connectivity index (χ4n) is 1.43. The number of hydrogen-bond acceptors (Lipinski definition) is 4. The molecule has 0 bridgehead atoms. The van der Waals surface area contributed by atoms with Crippen LogP contribution in [-0.2, 0) is 10.0 Å². The second kappa shape index (κ2) is 7.99. The predicted molar refractivity (Wildman–Crippen MR) is 91.9 cm³/mol. The van der Waals surface area contributed by atoms with Gasteiger partial charge in [-0.3, -0.25) is 0 Å². The molecule has 22 heavy (non-hydrogen) atoms. The molecule has 0 unspecified atom stereocenters. The van der Waals surface area contributed by atoms with Crippen LogP contribution in [0, 0.1) is 11.8 Å². The molecule has 1 aromatic heterocycles. The van der Waals surface area contributed by atoms with Gasteiger partial charge in [-0.1, -0.05) is 35.6 Å². The van der Waals surface area contributed by atoms with E-state index < -0.39 is 10.0 Å². The average molecular weight is 421 g/mol. The second-order valence-corrected chi connectivity index (χ2v) is 8.82. The number of nitrogens with one attached hydrogen (secondary N) is 1. The lowest BCUT2D eigenvalue weighted by Crippen LogP contribution is -2.23. The number of para-hydroxylation sites is 1. The van der Waals surface area contributed by atoms with Crippen molar-refractivity contribution in [3.8, 4) is 17.6 Å². The Bertz CT molecular complexity index is 809. The van der Waals surface area contributed by atoms with E-state index in [2.05, 4.69) is 32.5 Å². The van der Waals surface area contributed by atoms with E-state index in [-0.39, 0.29) is 17.4 Å². The molecule has 1 N–H and O–H groups in total. The monoisotopic (exact) mass is 419 g/mol. The van der Waals surface area contributed by atoms with Crippen molar-refractivity contribution < 1.29 is 13.2 Å². The Morgan fingerprint density at radius 1 is 1.23 bits per heavy atom. The molecule has 2 rings (SSSR count). The van der Waals surface area contributed by atoms with Crippen LogP contribution in [0.2, 0.25) is 5.02 Å². The summed E-state index contributed by atoms with van der Waals surface area (Å²) in [4.78, 5) is 0. The van der Waals surface area contributed by atoms with Gasteiger partial charge in [-0.05, 0) is 40.2 Å². The molecule has 0 spiro atoms. The molecule has 116 valence electrons. The lowest BCUT2D eigenvalue weighted by molar-refractivity contribution is 0.370. The van der Waals surface area contributed by atoms with Crippen LogP contribution in [0.4, 0.5) is 0 Å². The molecule has 1 aromatic carbocycles. The highest BCUT2D eigenvalue weighted by molar-refractivity contribution is 9.11. The van der Waals surface area contributed by atoms with Gasteiger partial charge in [0.1, 0.15) is 16.6 Å². The van der Waals surface area contributed by atoms with Crippen LogP contribution in [0.25, 0.3) is 0 Å². The lowest BCUT2D eigenvalue weighted by Gasteiger charge is -2.03. The van der Waals surface area contributed by atoms with Gasteiger partial charge in [-0.25, -0.2) is 8.42 Å². The van der Waals surface area contributed by atoms with E-state index >= 15 is 0 Å². The molecule has 0 saturated heterocycles. The van der Waals surface area contributed by atoms with Crippen LogP contribution >= 0.6 is 38.9 Å². The number of halogens is 2. The van der Waals surface area contributed by atoms with Gasteiger partial charge < -0.3 is 4.74 Å². The summed E-state index contributed by atoms with van der Waals surface area (Å²) in [5.74, 6) is 5.96. The number of benzene rings is 1. The molecule has 0 amide bonds. The third kappa shape index (κ3) is 5.00. The van der Waals surface area contributed by atoms with Crippen LogP contribution < -0.4 is 9.46 Å². The summed E-state index contributed by atoms with van der Waals surface area (Å²) in [6.07, 6.45) is 0. The molecule has 1 heterocycles. The quantitative estimate of drug-likeness (QED) is 0.753. The molecular formula is C14H11BrClNO3S2. The number of thiophene rings is 1. The van der Waals surface area contributed by atoms with Crippen molar-refractivity contribution in [2.45, 2.75) is 4.21 Å². The minimum atomic E-state index is -3.51. The van der Waals surface area contributed by atoms with E-state index in [1.165, 1.54) is 6.07 Å². The molecule has 0 aliphatic heterocycles. The summed E-state index contributed by atoms with van der Waals surface area (Å²) < 4.78 is 32.6.